The molecule has 1 heterocycles. The Hall–Kier alpha value is -2.51. The minimum atomic E-state index is -0.462. The second kappa shape index (κ2) is 6.94. The van der Waals surface area contributed by atoms with Crippen LogP contribution in [0.5, 0.6) is 0 Å². The fraction of sp³-hybridized carbons (Fsp3) is 0.0588. The lowest BCUT2D eigenvalue weighted by atomic mass is 10.1. The van der Waals surface area contributed by atoms with Crippen LogP contribution in [0.2, 0.25) is 0 Å². The number of nitro benzene ring substituents is 1. The van der Waals surface area contributed by atoms with Crippen LogP contribution in [0.25, 0.3) is 6.08 Å². The summed E-state index contributed by atoms with van der Waals surface area (Å²) >= 11 is 6.45. The Balaban J connectivity index is 1.88. The molecule has 2 aromatic rings. The van der Waals surface area contributed by atoms with E-state index in [1.165, 1.54) is 17.0 Å². The van der Waals surface area contributed by atoms with Crippen molar-refractivity contribution in [2.75, 3.05) is 0 Å². The first-order valence-corrected chi connectivity index (χ1v) is 8.31. The summed E-state index contributed by atoms with van der Waals surface area (Å²) in [6.45, 7) is 0.389. The van der Waals surface area contributed by atoms with Gasteiger partial charge in [-0.25, -0.2) is 0 Å². The molecule has 1 saturated heterocycles. The number of rotatable bonds is 4. The van der Waals surface area contributed by atoms with Crippen LogP contribution in [0.4, 0.5) is 5.69 Å². The molecule has 1 fully saturated rings. The molecule has 0 aliphatic carbocycles. The number of para-hydroxylation sites is 1. The van der Waals surface area contributed by atoms with Gasteiger partial charge in [0.1, 0.15) is 4.32 Å². The van der Waals surface area contributed by atoms with Gasteiger partial charge in [-0.1, -0.05) is 66.4 Å². The third-order valence-corrected chi connectivity index (χ3v) is 4.85. The first-order chi connectivity index (χ1) is 11.6. The number of amides is 1. The summed E-state index contributed by atoms with van der Waals surface area (Å²) in [7, 11) is 0. The molecular weight excluding hydrogens is 344 g/mol. The van der Waals surface area contributed by atoms with Crippen LogP contribution in [-0.4, -0.2) is 20.1 Å². The molecule has 3 rings (SSSR count). The van der Waals surface area contributed by atoms with Crippen molar-refractivity contribution in [3.8, 4) is 0 Å². The van der Waals surface area contributed by atoms with Crippen molar-refractivity contribution < 1.29 is 9.72 Å². The van der Waals surface area contributed by atoms with Gasteiger partial charge in [-0.15, -0.1) is 0 Å². The van der Waals surface area contributed by atoms with Crippen molar-refractivity contribution in [2.24, 2.45) is 0 Å². The van der Waals surface area contributed by atoms with Gasteiger partial charge in [0.2, 0.25) is 0 Å². The number of hydrogen-bond acceptors (Lipinski definition) is 5. The van der Waals surface area contributed by atoms with Gasteiger partial charge in [-0.3, -0.25) is 19.8 Å². The normalized spacial score (nSPS) is 16.0. The molecule has 0 atom stereocenters. The molecule has 5 nitrogen and oxygen atoms in total. The van der Waals surface area contributed by atoms with E-state index in [-0.39, 0.29) is 11.6 Å². The van der Waals surface area contributed by atoms with E-state index < -0.39 is 4.92 Å². The average molecular weight is 356 g/mol. The van der Waals surface area contributed by atoms with Crippen molar-refractivity contribution in [3.63, 3.8) is 0 Å². The fourth-order valence-corrected chi connectivity index (χ4v) is 3.57. The summed E-state index contributed by atoms with van der Waals surface area (Å²) in [4.78, 5) is 25.1. The highest BCUT2D eigenvalue weighted by Gasteiger charge is 2.32. The lowest BCUT2D eigenvalue weighted by Gasteiger charge is -2.14. The van der Waals surface area contributed by atoms with Crippen LogP contribution >= 0.6 is 24.0 Å². The second-order valence-electron chi connectivity index (χ2n) is 5.07. The maximum absolute atomic E-state index is 12.6. The van der Waals surface area contributed by atoms with Crippen LogP contribution in [0.3, 0.4) is 0 Å². The molecule has 24 heavy (non-hydrogen) atoms. The Labute approximate surface area is 148 Å². The van der Waals surface area contributed by atoms with E-state index in [2.05, 4.69) is 0 Å². The van der Waals surface area contributed by atoms with E-state index in [1.54, 1.807) is 18.2 Å². The largest absolute Gasteiger partial charge is 0.288 e. The first kappa shape index (κ1) is 16.4. The Morgan fingerprint density at radius 1 is 1.12 bits per heavy atom. The highest BCUT2D eigenvalue weighted by Crippen LogP contribution is 2.34. The Bertz CT molecular complexity index is 850. The zero-order valence-electron chi connectivity index (χ0n) is 12.4. The minimum Gasteiger partial charge on any atom is -0.288 e. The van der Waals surface area contributed by atoms with E-state index in [1.807, 2.05) is 30.3 Å². The summed E-state index contributed by atoms with van der Waals surface area (Å²) < 4.78 is 0.452. The monoisotopic (exact) mass is 356 g/mol. The highest BCUT2D eigenvalue weighted by molar-refractivity contribution is 8.26. The molecule has 1 amide bonds. The predicted octanol–water partition coefficient (Wildman–Crippen LogP) is 4.00. The predicted molar refractivity (Wildman–Crippen MR) is 98.3 cm³/mol. The third kappa shape index (κ3) is 3.37. The number of thiocarbonyl (C=S) groups is 1. The molecule has 1 aliphatic rings. The number of carbonyl (C=O) groups excluding carboxylic acids is 1. The van der Waals surface area contributed by atoms with Gasteiger partial charge < -0.3 is 0 Å². The molecule has 0 N–H and O–H groups in total. The van der Waals surface area contributed by atoms with E-state index in [0.29, 0.717) is 21.3 Å². The Morgan fingerprint density at radius 2 is 1.79 bits per heavy atom. The number of benzene rings is 2. The lowest BCUT2D eigenvalue weighted by molar-refractivity contribution is -0.385. The first-order valence-electron chi connectivity index (χ1n) is 7.09. The smallest absolute Gasteiger partial charge is 0.276 e. The van der Waals surface area contributed by atoms with Crippen LogP contribution in [0, 0.1) is 10.1 Å². The quantitative estimate of drug-likeness (QED) is 0.359. The van der Waals surface area contributed by atoms with Gasteiger partial charge in [0, 0.05) is 6.07 Å². The van der Waals surface area contributed by atoms with Crippen molar-refractivity contribution in [3.05, 3.63) is 80.7 Å². The number of nitro groups is 1. The van der Waals surface area contributed by atoms with Gasteiger partial charge in [0.25, 0.3) is 11.6 Å². The number of hydrogen-bond donors (Lipinski definition) is 0. The summed E-state index contributed by atoms with van der Waals surface area (Å²) in [5.41, 5.74) is 1.33. The standard InChI is InChI=1S/C17H12N2O3S2/c20-16-15(10-13-8-4-5-9-14(13)19(21)22)24-17(23)18(16)11-12-6-2-1-3-7-12/h1-10H,11H2/b15-10-. The third-order valence-electron chi connectivity index (χ3n) is 3.48. The summed E-state index contributed by atoms with van der Waals surface area (Å²) in [5, 5.41) is 11.1. The summed E-state index contributed by atoms with van der Waals surface area (Å²) in [6, 6.07) is 15.9. The zero-order valence-corrected chi connectivity index (χ0v) is 14.0. The lowest BCUT2D eigenvalue weighted by Crippen LogP contribution is -2.27. The molecule has 0 bridgehead atoms. The highest BCUT2D eigenvalue weighted by atomic mass is 32.2. The number of nitrogens with zero attached hydrogens (tertiary/aromatic N) is 2. The van der Waals surface area contributed by atoms with Gasteiger partial charge in [-0.05, 0) is 17.7 Å². The van der Waals surface area contributed by atoms with Gasteiger partial charge in [0.05, 0.1) is 21.9 Å². The van der Waals surface area contributed by atoms with Crippen molar-refractivity contribution >= 4 is 46.0 Å². The Morgan fingerprint density at radius 3 is 2.50 bits per heavy atom. The van der Waals surface area contributed by atoms with Gasteiger partial charge in [-0.2, -0.15) is 0 Å². The molecule has 0 radical (unpaired) electrons. The van der Waals surface area contributed by atoms with E-state index in [9.17, 15) is 14.9 Å². The van der Waals surface area contributed by atoms with E-state index >= 15 is 0 Å². The fourth-order valence-electron chi connectivity index (χ4n) is 2.32. The van der Waals surface area contributed by atoms with Crippen LogP contribution in [-0.2, 0) is 11.3 Å². The average Bonchev–Trinajstić information content (AvgIpc) is 2.84. The van der Waals surface area contributed by atoms with Crippen LogP contribution in [0.15, 0.2) is 59.5 Å². The van der Waals surface area contributed by atoms with Gasteiger partial charge >= 0.3 is 0 Å². The van der Waals surface area contributed by atoms with E-state index in [0.717, 1.165) is 17.3 Å². The zero-order chi connectivity index (χ0) is 17.1. The van der Waals surface area contributed by atoms with Crippen molar-refractivity contribution in [1.29, 1.82) is 0 Å². The van der Waals surface area contributed by atoms with Crippen molar-refractivity contribution in [1.82, 2.24) is 4.90 Å². The number of carbonyl (C=O) groups is 1. The molecule has 0 spiro atoms. The van der Waals surface area contributed by atoms with E-state index in [4.69, 9.17) is 12.2 Å². The molecule has 0 unspecified atom stereocenters. The molecule has 1 aliphatic heterocycles. The summed E-state index contributed by atoms with van der Waals surface area (Å²) in [5.74, 6) is -0.230. The second-order valence-corrected chi connectivity index (χ2v) is 6.75. The molecule has 0 aromatic heterocycles. The molecular formula is C17H12N2O3S2. The maximum atomic E-state index is 12.6. The topological polar surface area (TPSA) is 63.4 Å². The van der Waals surface area contributed by atoms with Crippen LogP contribution in [0.1, 0.15) is 11.1 Å². The van der Waals surface area contributed by atoms with Crippen molar-refractivity contribution in [2.45, 2.75) is 6.54 Å². The molecule has 2 aromatic carbocycles. The van der Waals surface area contributed by atoms with Crippen LogP contribution < -0.4 is 0 Å². The van der Waals surface area contributed by atoms with Gasteiger partial charge in [0.15, 0.2) is 0 Å². The SMILES string of the molecule is O=C1/C(=C/c2ccccc2[N+](=O)[O-])SC(=S)N1Cc1ccccc1. The molecule has 0 saturated carbocycles. The molecule has 7 heteroatoms. The Kier molecular flexibility index (Phi) is 4.73. The minimum absolute atomic E-state index is 0.0363. The summed E-state index contributed by atoms with van der Waals surface area (Å²) in [6.07, 6.45) is 1.53. The maximum Gasteiger partial charge on any atom is 0.276 e. The number of thioether (sulfide) groups is 1. The molecule has 120 valence electrons.